The van der Waals surface area contributed by atoms with Crippen LogP contribution in [0.3, 0.4) is 0 Å². The summed E-state index contributed by atoms with van der Waals surface area (Å²) in [6, 6.07) is 7.55. The zero-order valence-electron chi connectivity index (χ0n) is 12.7. The normalized spacial score (nSPS) is 11.2. The summed E-state index contributed by atoms with van der Waals surface area (Å²) in [6.45, 7) is 3.83. The third-order valence-corrected chi connectivity index (χ3v) is 3.75. The lowest BCUT2D eigenvalue weighted by Gasteiger charge is -2.06. The second-order valence-corrected chi connectivity index (χ2v) is 5.43. The first-order valence-electron chi connectivity index (χ1n) is 7.19. The maximum atomic E-state index is 12.6. The van der Waals surface area contributed by atoms with Crippen LogP contribution in [0.5, 0.6) is 0 Å². The van der Waals surface area contributed by atoms with E-state index in [2.05, 4.69) is 25.6 Å². The van der Waals surface area contributed by atoms with Crippen LogP contribution in [0.25, 0.3) is 16.6 Å². The van der Waals surface area contributed by atoms with Crippen molar-refractivity contribution in [3.8, 4) is 0 Å². The van der Waals surface area contributed by atoms with E-state index in [1.54, 1.807) is 10.7 Å². The predicted octanol–water partition coefficient (Wildman–Crippen LogP) is 2.47. The molecule has 0 unspecified atom stereocenters. The largest absolute Gasteiger partial charge is 0.320 e. The number of nitrogens with zero attached hydrogens (tertiary/aromatic N) is 4. The summed E-state index contributed by atoms with van der Waals surface area (Å²) in [7, 11) is 0. The Bertz CT molecular complexity index is 1050. The summed E-state index contributed by atoms with van der Waals surface area (Å²) in [6.07, 6.45) is 3.26. The van der Waals surface area contributed by atoms with Crippen LogP contribution in [0.2, 0.25) is 0 Å². The van der Waals surface area contributed by atoms with E-state index in [9.17, 15) is 4.79 Å². The van der Waals surface area contributed by atoms with Crippen molar-refractivity contribution in [2.45, 2.75) is 13.8 Å². The minimum atomic E-state index is -0.250. The first-order chi connectivity index (χ1) is 11.1. The van der Waals surface area contributed by atoms with Gasteiger partial charge in [0.1, 0.15) is 5.56 Å². The Morgan fingerprint density at radius 1 is 1.26 bits per heavy atom. The van der Waals surface area contributed by atoms with E-state index < -0.39 is 0 Å². The first-order valence-corrected chi connectivity index (χ1v) is 7.19. The number of carbonyl (C=O) groups is 1. The van der Waals surface area contributed by atoms with Crippen molar-refractivity contribution >= 4 is 28.1 Å². The molecule has 2 N–H and O–H groups in total. The molecule has 0 spiro atoms. The van der Waals surface area contributed by atoms with Crippen LogP contribution in [0.15, 0.2) is 36.7 Å². The lowest BCUT2D eigenvalue weighted by Crippen LogP contribution is -2.12. The van der Waals surface area contributed by atoms with E-state index in [-0.39, 0.29) is 5.91 Å². The van der Waals surface area contributed by atoms with E-state index in [0.717, 1.165) is 22.3 Å². The summed E-state index contributed by atoms with van der Waals surface area (Å²) >= 11 is 0. The number of benzene rings is 1. The van der Waals surface area contributed by atoms with E-state index in [4.69, 9.17) is 0 Å². The number of fused-ring (bicyclic) bond motifs is 2. The third kappa shape index (κ3) is 2.13. The fraction of sp³-hybridized carbons (Fsp3) is 0.125. The number of hydrogen-bond acceptors (Lipinski definition) is 4. The van der Waals surface area contributed by atoms with Gasteiger partial charge in [-0.15, -0.1) is 0 Å². The molecule has 3 heterocycles. The number of aromatic nitrogens is 5. The topological polar surface area (TPSA) is 88.0 Å². The molecular weight excluding hydrogens is 292 g/mol. The maximum absolute atomic E-state index is 12.6. The van der Waals surface area contributed by atoms with E-state index in [1.165, 1.54) is 6.20 Å². The average molecular weight is 306 g/mol. The standard InChI is InChI=1S/C16H14N6O/c1-9-6-10(2)22-15(19-9)12(8-18-22)16(23)20-13-5-3-4-11-7-17-21-14(11)13/h3-8H,1-2H3,(H,17,21)(H,20,23). The van der Waals surface area contributed by atoms with Crippen molar-refractivity contribution in [2.75, 3.05) is 5.32 Å². The van der Waals surface area contributed by atoms with Gasteiger partial charge in [-0.25, -0.2) is 9.50 Å². The van der Waals surface area contributed by atoms with Crippen molar-refractivity contribution in [1.82, 2.24) is 24.8 Å². The number of carbonyl (C=O) groups excluding carboxylic acids is 1. The van der Waals surface area contributed by atoms with Crippen LogP contribution < -0.4 is 5.32 Å². The second kappa shape index (κ2) is 4.91. The molecule has 0 atom stereocenters. The van der Waals surface area contributed by atoms with Crippen molar-refractivity contribution in [3.05, 3.63) is 53.6 Å². The molecule has 0 saturated heterocycles. The van der Waals surface area contributed by atoms with Gasteiger partial charge < -0.3 is 5.32 Å². The van der Waals surface area contributed by atoms with Gasteiger partial charge in [-0.05, 0) is 26.0 Å². The molecule has 3 aromatic heterocycles. The fourth-order valence-corrected chi connectivity index (χ4v) is 2.69. The molecule has 4 aromatic rings. The van der Waals surface area contributed by atoms with Crippen LogP contribution in [0.1, 0.15) is 21.7 Å². The molecule has 7 heteroatoms. The second-order valence-electron chi connectivity index (χ2n) is 5.43. The highest BCUT2D eigenvalue weighted by molar-refractivity contribution is 6.11. The Balaban J connectivity index is 1.77. The van der Waals surface area contributed by atoms with Crippen molar-refractivity contribution < 1.29 is 4.79 Å². The maximum Gasteiger partial charge on any atom is 0.261 e. The van der Waals surface area contributed by atoms with Crippen molar-refractivity contribution in [1.29, 1.82) is 0 Å². The van der Waals surface area contributed by atoms with Crippen LogP contribution in [0.4, 0.5) is 5.69 Å². The minimum Gasteiger partial charge on any atom is -0.320 e. The van der Waals surface area contributed by atoms with Crippen molar-refractivity contribution in [2.24, 2.45) is 0 Å². The monoisotopic (exact) mass is 306 g/mol. The molecule has 0 aliphatic heterocycles. The highest BCUT2D eigenvalue weighted by Gasteiger charge is 2.16. The fourth-order valence-electron chi connectivity index (χ4n) is 2.69. The molecule has 0 aliphatic rings. The zero-order chi connectivity index (χ0) is 16.0. The van der Waals surface area contributed by atoms with Gasteiger partial charge in [0, 0.05) is 16.8 Å². The lowest BCUT2D eigenvalue weighted by atomic mass is 10.2. The predicted molar refractivity (Wildman–Crippen MR) is 86.5 cm³/mol. The number of amides is 1. The number of H-pyrrole nitrogens is 1. The van der Waals surface area contributed by atoms with E-state index in [0.29, 0.717) is 16.9 Å². The number of anilines is 1. The van der Waals surface area contributed by atoms with Crippen LogP contribution in [-0.2, 0) is 0 Å². The van der Waals surface area contributed by atoms with E-state index >= 15 is 0 Å². The van der Waals surface area contributed by atoms with Crippen LogP contribution in [0, 0.1) is 13.8 Å². The number of aryl methyl sites for hydroxylation is 2. The number of rotatable bonds is 2. The highest BCUT2D eigenvalue weighted by atomic mass is 16.1. The number of nitrogens with one attached hydrogen (secondary N) is 2. The molecule has 0 radical (unpaired) electrons. The van der Waals surface area contributed by atoms with E-state index in [1.807, 2.05) is 38.1 Å². The summed E-state index contributed by atoms with van der Waals surface area (Å²) in [5.74, 6) is -0.250. The minimum absolute atomic E-state index is 0.250. The van der Waals surface area contributed by atoms with Gasteiger partial charge in [-0.2, -0.15) is 10.2 Å². The Hall–Kier alpha value is -3.22. The van der Waals surface area contributed by atoms with Crippen LogP contribution in [-0.4, -0.2) is 30.7 Å². The smallest absolute Gasteiger partial charge is 0.261 e. The molecule has 0 bridgehead atoms. The first kappa shape index (κ1) is 13.4. The van der Waals surface area contributed by atoms with Gasteiger partial charge >= 0.3 is 0 Å². The Morgan fingerprint density at radius 2 is 2.13 bits per heavy atom. The molecule has 7 nitrogen and oxygen atoms in total. The average Bonchev–Trinajstić information content (AvgIpc) is 3.13. The summed E-state index contributed by atoms with van der Waals surface area (Å²) in [4.78, 5) is 17.1. The number of hydrogen-bond donors (Lipinski definition) is 2. The summed E-state index contributed by atoms with van der Waals surface area (Å²) in [5.41, 5.74) is 4.24. The molecule has 23 heavy (non-hydrogen) atoms. The third-order valence-electron chi connectivity index (χ3n) is 3.75. The Kier molecular flexibility index (Phi) is 2.87. The summed E-state index contributed by atoms with van der Waals surface area (Å²) in [5, 5.41) is 15.0. The molecule has 0 fully saturated rings. The quantitative estimate of drug-likeness (QED) is 0.595. The van der Waals surface area contributed by atoms with Gasteiger partial charge in [0.15, 0.2) is 5.65 Å². The molecule has 1 amide bonds. The van der Waals surface area contributed by atoms with Gasteiger partial charge in [0.25, 0.3) is 5.91 Å². The highest BCUT2D eigenvalue weighted by Crippen LogP contribution is 2.22. The van der Waals surface area contributed by atoms with Crippen LogP contribution >= 0.6 is 0 Å². The molecule has 1 aromatic carbocycles. The number of para-hydroxylation sites is 1. The SMILES string of the molecule is Cc1cc(C)n2ncc(C(=O)Nc3cccc4cn[nH]c34)c2n1. The molecule has 0 aliphatic carbocycles. The number of aromatic amines is 1. The van der Waals surface area contributed by atoms with Crippen molar-refractivity contribution in [3.63, 3.8) is 0 Å². The molecule has 114 valence electrons. The lowest BCUT2D eigenvalue weighted by molar-refractivity contribution is 0.102. The summed E-state index contributed by atoms with van der Waals surface area (Å²) < 4.78 is 1.67. The van der Waals surface area contributed by atoms with Gasteiger partial charge in [0.2, 0.25) is 0 Å². The molecular formula is C16H14N6O. The van der Waals surface area contributed by atoms with Gasteiger partial charge in [0.05, 0.1) is 23.6 Å². The Labute approximate surface area is 131 Å². The van der Waals surface area contributed by atoms with Gasteiger partial charge in [-0.1, -0.05) is 12.1 Å². The zero-order valence-corrected chi connectivity index (χ0v) is 12.7. The Morgan fingerprint density at radius 3 is 3.00 bits per heavy atom. The molecule has 0 saturated carbocycles. The van der Waals surface area contributed by atoms with Gasteiger partial charge in [-0.3, -0.25) is 9.89 Å². The molecule has 4 rings (SSSR count).